The van der Waals surface area contributed by atoms with Gasteiger partial charge in [-0.2, -0.15) is 0 Å². The maximum atomic E-state index is 14.3. The Bertz CT molecular complexity index is 1010. The molecule has 8 heteroatoms. The molecule has 0 bridgehead atoms. The number of amides is 2. The molecule has 1 aliphatic heterocycles. The third-order valence-corrected chi connectivity index (χ3v) is 6.43. The monoisotopic (exact) mass is 456 g/mol. The first-order valence-electron chi connectivity index (χ1n) is 11.1. The minimum atomic E-state index is -0.575. The molecule has 33 heavy (non-hydrogen) atoms. The second-order valence-electron chi connectivity index (χ2n) is 8.55. The molecule has 2 unspecified atom stereocenters. The molecule has 2 aliphatic rings. The number of likely N-dealkylation sites (tertiary alicyclic amines) is 1. The van der Waals surface area contributed by atoms with Gasteiger partial charge in [-0.05, 0) is 48.6 Å². The molecule has 2 atom stereocenters. The standard InChI is InChI=1S/C25H29FN2O5/c1-31-21-10-16(11-22(32-2)23(21)33-3)18-13-28(25(30)17-6-4-5-7-20(17)26)14-19(18)24(29)27-12-15-8-9-15/h4-7,10-11,15,18-19H,8-9,12-14H2,1-3H3,(H,27,29). The van der Waals surface area contributed by atoms with Crippen LogP contribution in [-0.4, -0.2) is 57.7 Å². The molecule has 176 valence electrons. The number of ether oxygens (including phenoxy) is 3. The summed E-state index contributed by atoms with van der Waals surface area (Å²) in [5.41, 5.74) is 0.792. The summed E-state index contributed by atoms with van der Waals surface area (Å²) in [5, 5.41) is 3.04. The molecule has 7 nitrogen and oxygen atoms in total. The molecule has 0 radical (unpaired) electrons. The number of nitrogens with one attached hydrogen (secondary N) is 1. The minimum absolute atomic E-state index is 0.000167. The first-order valence-corrected chi connectivity index (χ1v) is 11.1. The molecule has 2 amide bonds. The van der Waals surface area contributed by atoms with Crippen molar-refractivity contribution in [3.63, 3.8) is 0 Å². The Morgan fingerprint density at radius 1 is 1.03 bits per heavy atom. The lowest BCUT2D eigenvalue weighted by atomic mass is 9.88. The van der Waals surface area contributed by atoms with E-state index in [0.717, 1.165) is 18.4 Å². The van der Waals surface area contributed by atoms with E-state index in [4.69, 9.17) is 14.2 Å². The van der Waals surface area contributed by atoms with Crippen molar-refractivity contribution in [2.45, 2.75) is 18.8 Å². The van der Waals surface area contributed by atoms with Crippen LogP contribution in [0.25, 0.3) is 0 Å². The summed E-state index contributed by atoms with van der Waals surface area (Å²) in [6, 6.07) is 9.52. The molecule has 0 aromatic heterocycles. The normalized spacial score (nSPS) is 19.8. The summed E-state index contributed by atoms with van der Waals surface area (Å²) in [4.78, 5) is 27.8. The number of benzene rings is 2. The minimum Gasteiger partial charge on any atom is -0.493 e. The third kappa shape index (κ3) is 4.74. The van der Waals surface area contributed by atoms with Crippen LogP contribution in [0.2, 0.25) is 0 Å². The van der Waals surface area contributed by atoms with E-state index < -0.39 is 17.6 Å². The van der Waals surface area contributed by atoms with Crippen molar-refractivity contribution in [1.82, 2.24) is 10.2 Å². The van der Waals surface area contributed by atoms with Crippen LogP contribution in [0.5, 0.6) is 17.2 Å². The van der Waals surface area contributed by atoms with Gasteiger partial charge in [0.15, 0.2) is 11.5 Å². The zero-order chi connectivity index (χ0) is 23.5. The molecule has 0 spiro atoms. The van der Waals surface area contributed by atoms with Crippen molar-refractivity contribution in [3.05, 3.63) is 53.3 Å². The largest absolute Gasteiger partial charge is 0.493 e. The highest BCUT2D eigenvalue weighted by atomic mass is 19.1. The lowest BCUT2D eigenvalue weighted by molar-refractivity contribution is -0.125. The predicted octanol–water partition coefficient (Wildman–Crippen LogP) is 3.23. The fraction of sp³-hybridized carbons (Fsp3) is 0.440. The molecule has 1 aliphatic carbocycles. The molecule has 2 aromatic rings. The van der Waals surface area contributed by atoms with Gasteiger partial charge >= 0.3 is 0 Å². The van der Waals surface area contributed by atoms with E-state index in [1.54, 1.807) is 17.0 Å². The number of halogens is 1. The van der Waals surface area contributed by atoms with Crippen molar-refractivity contribution < 1.29 is 28.2 Å². The number of hydrogen-bond acceptors (Lipinski definition) is 5. The average molecular weight is 457 g/mol. The Kier molecular flexibility index (Phi) is 6.72. The molecule has 4 rings (SSSR count). The topological polar surface area (TPSA) is 77.1 Å². The summed E-state index contributed by atoms with van der Waals surface area (Å²) in [6.45, 7) is 1.11. The van der Waals surface area contributed by atoms with Gasteiger partial charge in [-0.3, -0.25) is 9.59 Å². The van der Waals surface area contributed by atoms with Crippen LogP contribution >= 0.6 is 0 Å². The van der Waals surface area contributed by atoms with Gasteiger partial charge in [0, 0.05) is 25.6 Å². The molecule has 1 heterocycles. The van der Waals surface area contributed by atoms with E-state index in [1.807, 2.05) is 12.1 Å². The molecule has 1 saturated carbocycles. The smallest absolute Gasteiger partial charge is 0.256 e. The Labute approximate surface area is 192 Å². The fourth-order valence-electron chi connectivity index (χ4n) is 4.39. The van der Waals surface area contributed by atoms with E-state index in [0.29, 0.717) is 29.7 Å². The third-order valence-electron chi connectivity index (χ3n) is 6.43. The molecular formula is C25H29FN2O5. The highest BCUT2D eigenvalue weighted by Crippen LogP contribution is 2.43. The Morgan fingerprint density at radius 3 is 2.27 bits per heavy atom. The first-order chi connectivity index (χ1) is 16.0. The summed E-state index contributed by atoms with van der Waals surface area (Å²) >= 11 is 0. The van der Waals surface area contributed by atoms with Crippen molar-refractivity contribution in [1.29, 1.82) is 0 Å². The lowest BCUT2D eigenvalue weighted by Crippen LogP contribution is -2.36. The summed E-state index contributed by atoms with van der Waals surface area (Å²) in [5.74, 6) is 0.0320. The molecule has 2 aromatic carbocycles. The van der Waals surface area contributed by atoms with Gasteiger partial charge in [0.05, 0.1) is 32.8 Å². The number of hydrogen-bond donors (Lipinski definition) is 1. The van der Waals surface area contributed by atoms with Crippen LogP contribution < -0.4 is 19.5 Å². The van der Waals surface area contributed by atoms with E-state index >= 15 is 0 Å². The number of carbonyl (C=O) groups is 2. The van der Waals surface area contributed by atoms with E-state index in [2.05, 4.69) is 5.32 Å². The number of nitrogens with zero attached hydrogens (tertiary/aromatic N) is 1. The number of methoxy groups -OCH3 is 3. The molecular weight excluding hydrogens is 427 g/mol. The van der Waals surface area contributed by atoms with Crippen LogP contribution in [0.4, 0.5) is 4.39 Å². The van der Waals surface area contributed by atoms with E-state index in [1.165, 1.54) is 33.5 Å². The second kappa shape index (κ2) is 9.68. The zero-order valence-corrected chi connectivity index (χ0v) is 19.1. The van der Waals surface area contributed by atoms with Crippen LogP contribution in [0.15, 0.2) is 36.4 Å². The highest BCUT2D eigenvalue weighted by molar-refractivity contribution is 5.95. The van der Waals surface area contributed by atoms with Gasteiger partial charge in [0.2, 0.25) is 11.7 Å². The maximum absolute atomic E-state index is 14.3. The SMILES string of the molecule is COc1cc(C2CN(C(=O)c3ccccc3F)CC2C(=O)NCC2CC2)cc(OC)c1OC. The van der Waals surface area contributed by atoms with E-state index in [-0.39, 0.29) is 30.5 Å². The van der Waals surface area contributed by atoms with Crippen molar-refractivity contribution in [2.75, 3.05) is 41.0 Å². The Morgan fingerprint density at radius 2 is 1.70 bits per heavy atom. The fourth-order valence-corrected chi connectivity index (χ4v) is 4.39. The molecule has 1 saturated heterocycles. The lowest BCUT2D eigenvalue weighted by Gasteiger charge is -2.21. The molecule has 1 N–H and O–H groups in total. The van der Waals surface area contributed by atoms with Crippen LogP contribution in [0, 0.1) is 17.7 Å². The first kappa shape index (κ1) is 22.9. The Hall–Kier alpha value is -3.29. The zero-order valence-electron chi connectivity index (χ0n) is 19.1. The van der Waals surface area contributed by atoms with Gasteiger partial charge in [0.25, 0.3) is 5.91 Å². The maximum Gasteiger partial charge on any atom is 0.256 e. The van der Waals surface area contributed by atoms with Gasteiger partial charge < -0.3 is 24.4 Å². The predicted molar refractivity (Wildman–Crippen MR) is 120 cm³/mol. The van der Waals surface area contributed by atoms with Gasteiger partial charge in [-0.15, -0.1) is 0 Å². The van der Waals surface area contributed by atoms with Gasteiger partial charge in [-0.1, -0.05) is 12.1 Å². The second-order valence-corrected chi connectivity index (χ2v) is 8.55. The van der Waals surface area contributed by atoms with Crippen molar-refractivity contribution in [2.24, 2.45) is 11.8 Å². The quantitative estimate of drug-likeness (QED) is 0.660. The van der Waals surface area contributed by atoms with Crippen molar-refractivity contribution in [3.8, 4) is 17.2 Å². The van der Waals surface area contributed by atoms with Gasteiger partial charge in [0.1, 0.15) is 5.82 Å². The van der Waals surface area contributed by atoms with Crippen molar-refractivity contribution >= 4 is 11.8 Å². The number of carbonyl (C=O) groups excluding carboxylic acids is 2. The summed E-state index contributed by atoms with van der Waals surface area (Å²) < 4.78 is 30.7. The van der Waals surface area contributed by atoms with E-state index in [9.17, 15) is 14.0 Å². The van der Waals surface area contributed by atoms with Crippen LogP contribution in [0.3, 0.4) is 0 Å². The highest BCUT2D eigenvalue weighted by Gasteiger charge is 2.42. The van der Waals surface area contributed by atoms with Gasteiger partial charge in [-0.25, -0.2) is 4.39 Å². The van der Waals surface area contributed by atoms with Crippen LogP contribution in [-0.2, 0) is 4.79 Å². The van der Waals surface area contributed by atoms with Crippen LogP contribution in [0.1, 0.15) is 34.7 Å². The average Bonchev–Trinajstić information content (AvgIpc) is 3.56. The summed E-state index contributed by atoms with van der Waals surface area (Å²) in [7, 11) is 4.59. The Balaban J connectivity index is 1.66. The summed E-state index contributed by atoms with van der Waals surface area (Å²) in [6.07, 6.45) is 2.25. The number of rotatable bonds is 8. The molecule has 2 fully saturated rings.